The first-order chi connectivity index (χ1) is 13.2. The van der Waals surface area contributed by atoms with Crippen LogP contribution in [0.25, 0.3) is 0 Å². The Morgan fingerprint density at radius 1 is 0.828 bits per heavy atom. The molecule has 0 saturated heterocycles. The minimum absolute atomic E-state index is 0.335. The van der Waals surface area contributed by atoms with Crippen molar-refractivity contribution in [3.05, 3.63) is 29.8 Å². The van der Waals surface area contributed by atoms with Gasteiger partial charge in [0.1, 0.15) is 0 Å². The molecule has 1 aromatic rings. The molecule has 158 valence electrons. The van der Waals surface area contributed by atoms with Crippen LogP contribution in [0.4, 0.5) is 0 Å². The van der Waals surface area contributed by atoms with Crippen molar-refractivity contribution in [3.63, 3.8) is 0 Å². The Morgan fingerprint density at radius 2 is 1.31 bits per heavy atom. The molecular weight excluding hydrogens is 371 g/mol. The van der Waals surface area contributed by atoms with Crippen molar-refractivity contribution < 1.29 is 9.31 Å². The molecule has 0 amide bonds. The maximum atomic E-state index is 6.31. The Hall–Kier alpha value is -1.46. The molecule has 1 rings (SSSR count). The SMILES string of the molecule is CC#C[Si](C#Cc1ccccc1B(OC(C)(C)C)OC(C)(C)C)(C(C)C)C(C)C. The molecule has 0 aliphatic rings. The molecule has 0 spiro atoms. The van der Waals surface area contributed by atoms with Gasteiger partial charge in [-0.15, -0.1) is 17.0 Å². The molecule has 0 aliphatic carbocycles. The van der Waals surface area contributed by atoms with E-state index < -0.39 is 15.2 Å². The maximum absolute atomic E-state index is 6.31. The Morgan fingerprint density at radius 3 is 1.72 bits per heavy atom. The normalized spacial score (nSPS) is 12.3. The van der Waals surface area contributed by atoms with E-state index in [4.69, 9.17) is 9.31 Å². The summed E-state index contributed by atoms with van der Waals surface area (Å²) in [6.07, 6.45) is 0. The standard InChI is InChI=1S/C25H39BO2Si/c1-12-18-29(20(2)3,21(4)5)19-17-22-15-13-14-16-23(22)26(27-24(6,7)8)28-25(9,10)11/h13-16,20-21H,1-11H3. The molecule has 0 saturated carbocycles. The van der Waals surface area contributed by atoms with Crippen LogP contribution >= 0.6 is 0 Å². The maximum Gasteiger partial charge on any atom is 0.495 e. The molecule has 1 aromatic carbocycles. The Kier molecular flexibility index (Phi) is 8.85. The van der Waals surface area contributed by atoms with Gasteiger partial charge in [-0.05, 0) is 71.1 Å². The molecule has 0 heterocycles. The molecule has 29 heavy (non-hydrogen) atoms. The smallest absolute Gasteiger partial charge is 0.403 e. The third-order valence-electron chi connectivity index (χ3n) is 4.69. The van der Waals surface area contributed by atoms with E-state index in [1.807, 2.05) is 60.6 Å². The lowest BCUT2D eigenvalue weighted by Gasteiger charge is -2.31. The Labute approximate surface area is 181 Å². The summed E-state index contributed by atoms with van der Waals surface area (Å²) in [6, 6.07) is 8.17. The van der Waals surface area contributed by atoms with Gasteiger partial charge in [-0.25, -0.2) is 0 Å². The number of rotatable bonds is 5. The summed E-state index contributed by atoms with van der Waals surface area (Å²) in [4.78, 5) is 0. The van der Waals surface area contributed by atoms with Crippen molar-refractivity contribution in [2.75, 3.05) is 0 Å². The van der Waals surface area contributed by atoms with Crippen molar-refractivity contribution in [1.82, 2.24) is 0 Å². The Bertz CT molecular complexity index is 768. The van der Waals surface area contributed by atoms with Crippen LogP contribution < -0.4 is 5.46 Å². The largest absolute Gasteiger partial charge is 0.495 e. The fraction of sp³-hybridized carbons (Fsp3) is 0.600. The predicted molar refractivity (Wildman–Crippen MR) is 130 cm³/mol. The molecule has 0 radical (unpaired) electrons. The monoisotopic (exact) mass is 410 g/mol. The molecule has 0 fully saturated rings. The highest BCUT2D eigenvalue weighted by Gasteiger charge is 2.38. The topological polar surface area (TPSA) is 18.5 Å². The second-order valence-electron chi connectivity index (χ2n) is 10.2. The first-order valence-electron chi connectivity index (χ1n) is 10.6. The van der Waals surface area contributed by atoms with Crippen molar-refractivity contribution in [2.45, 2.75) is 98.4 Å². The quantitative estimate of drug-likeness (QED) is 0.456. The van der Waals surface area contributed by atoms with Crippen LogP contribution in [-0.2, 0) is 9.31 Å². The summed E-state index contributed by atoms with van der Waals surface area (Å²) in [5.41, 5.74) is 9.41. The van der Waals surface area contributed by atoms with Gasteiger partial charge < -0.3 is 9.31 Å². The van der Waals surface area contributed by atoms with Crippen LogP contribution in [0.1, 0.15) is 81.7 Å². The van der Waals surface area contributed by atoms with E-state index in [1.165, 1.54) is 0 Å². The zero-order valence-electron chi connectivity index (χ0n) is 20.4. The van der Waals surface area contributed by atoms with Gasteiger partial charge in [-0.3, -0.25) is 0 Å². The molecule has 2 nitrogen and oxygen atoms in total. The fourth-order valence-corrected chi connectivity index (χ4v) is 6.57. The van der Waals surface area contributed by atoms with Gasteiger partial charge in [-0.2, -0.15) is 0 Å². The van der Waals surface area contributed by atoms with E-state index in [2.05, 4.69) is 62.8 Å². The van der Waals surface area contributed by atoms with Crippen LogP contribution in [0.3, 0.4) is 0 Å². The van der Waals surface area contributed by atoms with Gasteiger partial charge >= 0.3 is 7.12 Å². The lowest BCUT2D eigenvalue weighted by atomic mass is 9.74. The zero-order chi connectivity index (χ0) is 22.5. The molecule has 0 unspecified atom stereocenters. The van der Waals surface area contributed by atoms with Crippen LogP contribution in [0.5, 0.6) is 0 Å². The summed E-state index contributed by atoms with van der Waals surface area (Å²) in [7, 11) is -2.57. The van der Waals surface area contributed by atoms with Crippen LogP contribution in [0.2, 0.25) is 11.1 Å². The molecule has 0 aliphatic heterocycles. The van der Waals surface area contributed by atoms with E-state index in [0.717, 1.165) is 11.0 Å². The minimum Gasteiger partial charge on any atom is -0.403 e. The number of hydrogen-bond donors (Lipinski definition) is 0. The average Bonchev–Trinajstić information content (AvgIpc) is 2.55. The van der Waals surface area contributed by atoms with Crippen LogP contribution in [-0.4, -0.2) is 26.4 Å². The van der Waals surface area contributed by atoms with E-state index in [0.29, 0.717) is 11.1 Å². The van der Waals surface area contributed by atoms with Crippen molar-refractivity contribution in [1.29, 1.82) is 0 Å². The average molecular weight is 410 g/mol. The van der Waals surface area contributed by atoms with Gasteiger partial charge in [0.2, 0.25) is 8.07 Å². The minimum atomic E-state index is -2.09. The van der Waals surface area contributed by atoms with E-state index in [-0.39, 0.29) is 11.2 Å². The highest BCUT2D eigenvalue weighted by atomic mass is 28.3. The summed E-state index contributed by atoms with van der Waals surface area (Å²) < 4.78 is 12.6. The molecule has 0 N–H and O–H groups in total. The van der Waals surface area contributed by atoms with Crippen molar-refractivity contribution in [3.8, 4) is 22.9 Å². The van der Waals surface area contributed by atoms with E-state index in [9.17, 15) is 0 Å². The molecule has 4 heteroatoms. The molecule has 0 bridgehead atoms. The second-order valence-corrected chi connectivity index (χ2v) is 14.7. The predicted octanol–water partition coefficient (Wildman–Crippen LogP) is 5.73. The summed E-state index contributed by atoms with van der Waals surface area (Å²) in [5.74, 6) is 6.67. The van der Waals surface area contributed by atoms with Crippen LogP contribution in [0, 0.1) is 22.9 Å². The van der Waals surface area contributed by atoms with Gasteiger partial charge in [0.15, 0.2) is 0 Å². The summed E-state index contributed by atoms with van der Waals surface area (Å²) >= 11 is 0. The lowest BCUT2D eigenvalue weighted by molar-refractivity contribution is 0.0408. The zero-order valence-corrected chi connectivity index (χ0v) is 21.4. The molecule has 0 aromatic heterocycles. The summed E-state index contributed by atoms with van der Waals surface area (Å²) in [5, 5.41) is 0. The van der Waals surface area contributed by atoms with Gasteiger partial charge in [-0.1, -0.05) is 51.8 Å². The van der Waals surface area contributed by atoms with Crippen LogP contribution in [0.15, 0.2) is 24.3 Å². The third kappa shape index (κ3) is 7.71. The first-order valence-corrected chi connectivity index (χ1v) is 12.8. The van der Waals surface area contributed by atoms with Crippen molar-refractivity contribution in [2.24, 2.45) is 0 Å². The van der Waals surface area contributed by atoms with Gasteiger partial charge in [0, 0.05) is 16.8 Å². The highest BCUT2D eigenvalue weighted by molar-refractivity contribution is 6.96. The molecule has 0 atom stereocenters. The number of hydrogen-bond acceptors (Lipinski definition) is 2. The summed E-state index contributed by atoms with van der Waals surface area (Å²) in [6.45, 7) is 23.2. The first kappa shape index (κ1) is 25.6. The number of benzene rings is 1. The van der Waals surface area contributed by atoms with Gasteiger partial charge in [0.05, 0.1) is 0 Å². The third-order valence-corrected chi connectivity index (χ3v) is 9.54. The van der Waals surface area contributed by atoms with Gasteiger partial charge in [0.25, 0.3) is 0 Å². The van der Waals surface area contributed by atoms with E-state index >= 15 is 0 Å². The van der Waals surface area contributed by atoms with Crippen molar-refractivity contribution >= 4 is 20.7 Å². The highest BCUT2D eigenvalue weighted by Crippen LogP contribution is 2.31. The fourth-order valence-electron chi connectivity index (χ4n) is 3.26. The van der Waals surface area contributed by atoms with E-state index in [1.54, 1.807) is 0 Å². The Balaban J connectivity index is 3.54. The second kappa shape index (κ2) is 10.0. The lowest BCUT2D eigenvalue weighted by Crippen LogP contribution is -2.48. The molecular formula is C25H39BO2Si.